The first-order chi connectivity index (χ1) is 6.61. The van der Waals surface area contributed by atoms with Crippen molar-refractivity contribution in [1.29, 1.82) is 5.41 Å². The van der Waals surface area contributed by atoms with Gasteiger partial charge in [-0.2, -0.15) is 0 Å². The number of hydrogen-bond donors (Lipinski definition) is 2. The molecular weight excluding hydrogens is 178 g/mol. The molecule has 0 amide bonds. The van der Waals surface area contributed by atoms with Crippen molar-refractivity contribution in [3.63, 3.8) is 0 Å². The predicted molar refractivity (Wildman–Crippen MR) is 59.7 cm³/mol. The lowest BCUT2D eigenvalue weighted by atomic mass is 10.1. The minimum absolute atomic E-state index is 0.274. The number of nitrogens with two attached hydrogens (primary N) is 1. The number of amidine groups is 1. The first-order valence-electron chi connectivity index (χ1n) is 5.13. The van der Waals surface area contributed by atoms with E-state index in [-0.39, 0.29) is 5.84 Å². The number of hydrogen-bond acceptors (Lipinski definition) is 3. The van der Waals surface area contributed by atoms with Gasteiger partial charge in [0.25, 0.3) is 0 Å². The number of nitrogens with zero attached hydrogens (tertiary/aromatic N) is 1. The molecular formula is C10H23N3O. The van der Waals surface area contributed by atoms with E-state index in [1.807, 2.05) is 0 Å². The van der Waals surface area contributed by atoms with Gasteiger partial charge in [0.05, 0.1) is 5.84 Å². The second kappa shape index (κ2) is 7.76. The number of nitrogens with one attached hydrogen (secondary N) is 1. The van der Waals surface area contributed by atoms with E-state index in [1.54, 1.807) is 7.11 Å². The Morgan fingerprint density at radius 3 is 2.64 bits per heavy atom. The molecule has 0 heterocycles. The average Bonchev–Trinajstić information content (AvgIpc) is 2.14. The summed E-state index contributed by atoms with van der Waals surface area (Å²) in [7, 11) is 3.79. The highest BCUT2D eigenvalue weighted by Gasteiger charge is 2.12. The van der Waals surface area contributed by atoms with Crippen molar-refractivity contribution in [1.82, 2.24) is 4.90 Å². The summed E-state index contributed by atoms with van der Waals surface area (Å²) in [5.74, 6) is 0.274. The van der Waals surface area contributed by atoms with Crippen molar-refractivity contribution in [2.45, 2.75) is 32.2 Å². The molecule has 1 atom stereocenters. The molecule has 1 unspecified atom stereocenters. The second-order valence-electron chi connectivity index (χ2n) is 3.62. The lowest BCUT2D eigenvalue weighted by Gasteiger charge is -2.26. The summed E-state index contributed by atoms with van der Waals surface area (Å²) in [5.41, 5.74) is 5.39. The van der Waals surface area contributed by atoms with Gasteiger partial charge in [-0.05, 0) is 19.9 Å². The maximum Gasteiger partial charge on any atom is 0.0921 e. The molecule has 3 N–H and O–H groups in total. The zero-order valence-electron chi connectivity index (χ0n) is 9.55. The smallest absolute Gasteiger partial charge is 0.0921 e. The number of methoxy groups -OCH3 is 1. The van der Waals surface area contributed by atoms with Crippen LogP contribution in [0.4, 0.5) is 0 Å². The van der Waals surface area contributed by atoms with E-state index >= 15 is 0 Å². The highest BCUT2D eigenvalue weighted by atomic mass is 16.5. The van der Waals surface area contributed by atoms with Crippen molar-refractivity contribution in [2.24, 2.45) is 5.73 Å². The van der Waals surface area contributed by atoms with E-state index in [0.717, 1.165) is 26.0 Å². The normalized spacial score (nSPS) is 13.1. The quantitative estimate of drug-likeness (QED) is 0.351. The van der Waals surface area contributed by atoms with Gasteiger partial charge in [-0.3, -0.25) is 5.41 Å². The van der Waals surface area contributed by atoms with Gasteiger partial charge in [0.15, 0.2) is 0 Å². The van der Waals surface area contributed by atoms with E-state index in [4.69, 9.17) is 15.9 Å². The van der Waals surface area contributed by atoms with E-state index < -0.39 is 0 Å². The van der Waals surface area contributed by atoms with E-state index in [0.29, 0.717) is 12.5 Å². The molecule has 0 fully saturated rings. The van der Waals surface area contributed by atoms with Crippen LogP contribution in [0.15, 0.2) is 0 Å². The number of ether oxygens (including phenoxy) is 1. The molecule has 0 aliphatic carbocycles. The van der Waals surface area contributed by atoms with Crippen LogP contribution in [0.2, 0.25) is 0 Å². The third-order valence-corrected chi connectivity index (χ3v) is 2.41. The summed E-state index contributed by atoms with van der Waals surface area (Å²) in [6, 6.07) is 0.393. The average molecular weight is 201 g/mol. The summed E-state index contributed by atoms with van der Waals surface area (Å²) >= 11 is 0. The van der Waals surface area contributed by atoms with Crippen LogP contribution in [0.1, 0.15) is 26.2 Å². The maximum absolute atomic E-state index is 7.26. The molecule has 4 nitrogen and oxygen atoms in total. The molecule has 0 aliphatic heterocycles. The van der Waals surface area contributed by atoms with E-state index in [2.05, 4.69) is 18.9 Å². The summed E-state index contributed by atoms with van der Waals surface area (Å²) in [6.07, 6.45) is 2.73. The Balaban J connectivity index is 3.78. The SMILES string of the molecule is CCC(CC(=N)N)N(C)CCCOC. The molecule has 0 aromatic carbocycles. The van der Waals surface area contributed by atoms with Crippen molar-refractivity contribution < 1.29 is 4.74 Å². The molecule has 0 rings (SSSR count). The molecule has 14 heavy (non-hydrogen) atoms. The molecule has 4 heteroatoms. The van der Waals surface area contributed by atoms with Crippen LogP contribution < -0.4 is 5.73 Å². The van der Waals surface area contributed by atoms with Gasteiger partial charge in [-0.15, -0.1) is 0 Å². The lowest BCUT2D eigenvalue weighted by Crippen LogP contribution is -2.35. The largest absolute Gasteiger partial charge is 0.388 e. The summed E-state index contributed by atoms with van der Waals surface area (Å²) in [6.45, 7) is 3.92. The highest BCUT2D eigenvalue weighted by Crippen LogP contribution is 2.06. The van der Waals surface area contributed by atoms with E-state index in [1.165, 1.54) is 0 Å². The monoisotopic (exact) mass is 201 g/mol. The van der Waals surface area contributed by atoms with Crippen molar-refractivity contribution >= 4 is 5.84 Å². The van der Waals surface area contributed by atoms with Crippen LogP contribution in [0.25, 0.3) is 0 Å². The van der Waals surface area contributed by atoms with Crippen LogP contribution in [-0.2, 0) is 4.74 Å². The number of rotatable bonds is 8. The van der Waals surface area contributed by atoms with Crippen LogP contribution in [-0.4, -0.2) is 44.1 Å². The topological polar surface area (TPSA) is 62.3 Å². The van der Waals surface area contributed by atoms with Crippen molar-refractivity contribution in [2.75, 3.05) is 27.3 Å². The Hall–Kier alpha value is -0.610. The molecule has 0 radical (unpaired) electrons. The summed E-state index contributed by atoms with van der Waals surface area (Å²) in [4.78, 5) is 2.25. The van der Waals surface area contributed by atoms with E-state index in [9.17, 15) is 0 Å². The molecule has 84 valence electrons. The fraction of sp³-hybridized carbons (Fsp3) is 0.900. The Morgan fingerprint density at radius 2 is 2.21 bits per heavy atom. The first kappa shape index (κ1) is 13.4. The Morgan fingerprint density at radius 1 is 1.57 bits per heavy atom. The summed E-state index contributed by atoms with van der Waals surface area (Å²) in [5, 5.41) is 7.26. The van der Waals surface area contributed by atoms with Gasteiger partial charge in [0, 0.05) is 32.7 Å². The first-order valence-corrected chi connectivity index (χ1v) is 5.13. The highest BCUT2D eigenvalue weighted by molar-refractivity contribution is 5.77. The van der Waals surface area contributed by atoms with Crippen molar-refractivity contribution in [3.05, 3.63) is 0 Å². The Bertz CT molecular complexity index is 161. The molecule has 0 spiro atoms. The minimum atomic E-state index is 0.274. The summed E-state index contributed by atoms with van der Waals surface area (Å²) < 4.78 is 4.99. The van der Waals surface area contributed by atoms with Gasteiger partial charge in [-0.25, -0.2) is 0 Å². The fourth-order valence-electron chi connectivity index (χ4n) is 1.51. The third kappa shape index (κ3) is 5.94. The predicted octanol–water partition coefficient (Wildman–Crippen LogP) is 1.06. The molecule has 0 bridgehead atoms. The van der Waals surface area contributed by atoms with Gasteiger partial charge in [-0.1, -0.05) is 6.92 Å². The zero-order chi connectivity index (χ0) is 11.0. The lowest BCUT2D eigenvalue weighted by molar-refractivity contribution is 0.165. The molecule has 0 aliphatic rings. The van der Waals surface area contributed by atoms with Crippen LogP contribution in [0.3, 0.4) is 0 Å². The fourth-order valence-corrected chi connectivity index (χ4v) is 1.51. The molecule has 0 saturated heterocycles. The Labute approximate surface area is 86.9 Å². The van der Waals surface area contributed by atoms with Gasteiger partial charge in [0.2, 0.25) is 0 Å². The van der Waals surface area contributed by atoms with Gasteiger partial charge >= 0.3 is 0 Å². The third-order valence-electron chi connectivity index (χ3n) is 2.41. The van der Waals surface area contributed by atoms with Crippen molar-refractivity contribution in [3.8, 4) is 0 Å². The van der Waals surface area contributed by atoms with Crippen LogP contribution in [0, 0.1) is 5.41 Å². The maximum atomic E-state index is 7.26. The van der Waals surface area contributed by atoms with Crippen LogP contribution in [0.5, 0.6) is 0 Å². The molecule has 0 saturated carbocycles. The van der Waals surface area contributed by atoms with Gasteiger partial charge < -0.3 is 15.4 Å². The van der Waals surface area contributed by atoms with Gasteiger partial charge in [0.1, 0.15) is 0 Å². The molecule has 0 aromatic heterocycles. The molecule has 0 aromatic rings. The standard InChI is InChI=1S/C10H23N3O/c1-4-9(8-10(11)12)13(2)6-5-7-14-3/h9H,4-8H2,1-3H3,(H3,11,12). The Kier molecular flexibility index (Phi) is 7.42. The minimum Gasteiger partial charge on any atom is -0.388 e. The second-order valence-corrected chi connectivity index (χ2v) is 3.62. The zero-order valence-corrected chi connectivity index (χ0v) is 9.55. The van der Waals surface area contributed by atoms with Crippen LogP contribution >= 0.6 is 0 Å².